The van der Waals surface area contributed by atoms with Crippen molar-refractivity contribution in [3.63, 3.8) is 0 Å². The van der Waals surface area contributed by atoms with Crippen LogP contribution in [-0.4, -0.2) is 301 Å². The highest BCUT2D eigenvalue weighted by molar-refractivity contribution is 5.14. The van der Waals surface area contributed by atoms with Crippen molar-refractivity contribution in [1.82, 2.24) is 29.4 Å². The second kappa shape index (κ2) is 53.4. The van der Waals surface area contributed by atoms with Crippen molar-refractivity contribution < 1.29 is 66.0 Å². The molecule has 8 unspecified atom stereocenters. The lowest BCUT2D eigenvalue weighted by atomic mass is 9.82. The fourth-order valence-corrected chi connectivity index (χ4v) is 9.12. The molecule has 0 radical (unpaired) electrons. The zero-order valence-corrected chi connectivity index (χ0v) is 47.0. The van der Waals surface area contributed by atoms with Crippen LogP contribution >= 0.6 is 0 Å². The Hall–Kier alpha value is -1.02. The number of rotatable bonds is 41. The molecule has 0 spiro atoms. The summed E-state index contributed by atoms with van der Waals surface area (Å²) >= 11 is 0. The fraction of sp³-hybridized carbons (Fsp3) is 0.962. The van der Waals surface area contributed by atoms with Gasteiger partial charge in [0, 0.05) is 132 Å². The zero-order chi connectivity index (χ0) is 55.0. The molecule has 2 aliphatic carbocycles. The van der Waals surface area contributed by atoms with Gasteiger partial charge in [-0.3, -0.25) is 29.4 Å². The Bertz CT molecular complexity index is 1010. The topological polar surface area (TPSA) is 271 Å². The Morgan fingerprint density at radius 2 is 0.569 bits per heavy atom. The van der Waals surface area contributed by atoms with Crippen LogP contribution in [0.1, 0.15) is 74.1 Å². The summed E-state index contributed by atoms with van der Waals surface area (Å²) in [6.45, 7) is 30.8. The number of hydrogen-bond acceptors (Lipinski definition) is 19. The monoisotopic (exact) mass is 1040 g/mol. The molecule has 19 nitrogen and oxygen atoms in total. The van der Waals surface area contributed by atoms with Gasteiger partial charge in [0.25, 0.3) is 0 Å². The molecule has 436 valence electrons. The molecular weight excluding hydrogens is 929 g/mol. The molecule has 8 atom stereocenters. The molecule has 19 heteroatoms. The molecule has 2 aliphatic rings. The van der Waals surface area contributed by atoms with Crippen LogP contribution in [-0.2, 0) is 4.74 Å². The first-order valence-electron chi connectivity index (χ1n) is 27.5. The normalized spacial score (nSPS) is 18.7. The molecule has 72 heavy (non-hydrogen) atoms. The van der Waals surface area contributed by atoms with Crippen LogP contribution in [0.2, 0.25) is 0 Å². The van der Waals surface area contributed by atoms with Gasteiger partial charge in [0.1, 0.15) is 0 Å². The number of allylic oxidation sites excluding steroid dienone is 2. The molecule has 0 aromatic rings. The highest BCUT2D eigenvalue weighted by Crippen LogP contribution is 2.48. The van der Waals surface area contributed by atoms with Crippen molar-refractivity contribution in [3.8, 4) is 0 Å². The van der Waals surface area contributed by atoms with Gasteiger partial charge in [-0.25, -0.2) is 0 Å². The predicted octanol–water partition coefficient (Wildman–Crippen LogP) is -0.489. The molecule has 1 saturated carbocycles. The van der Waals surface area contributed by atoms with Gasteiger partial charge in [0.2, 0.25) is 0 Å². The van der Waals surface area contributed by atoms with E-state index in [1.807, 2.05) is 4.90 Å². The molecule has 2 bridgehead atoms. The third kappa shape index (κ3) is 40.3. The average Bonchev–Trinajstić information content (AvgIpc) is 3.96. The second-order valence-electron chi connectivity index (χ2n) is 19.9. The first kappa shape index (κ1) is 75.2. The highest BCUT2D eigenvalue weighted by atomic mass is 16.5. The third-order valence-corrected chi connectivity index (χ3v) is 13.6. The SMILES string of the molecule is CCC(C)CN(CCO)CCO.CCC(C)CN(CCO)CCO.CCC(C)CN(CCO)CCO.COCC(C)CN(CCO)CCO.OCCN(CCO)CC1C2C=CC(C2)C1CN(CCO)CCO. The number of aliphatic hydroxyl groups excluding tert-OH is 12. The summed E-state index contributed by atoms with van der Waals surface area (Å²) in [5.74, 6) is 4.55. The minimum absolute atomic E-state index is 0.114. The van der Waals surface area contributed by atoms with Gasteiger partial charge in [-0.1, -0.05) is 79.9 Å². The van der Waals surface area contributed by atoms with E-state index >= 15 is 0 Å². The van der Waals surface area contributed by atoms with Crippen molar-refractivity contribution in [1.29, 1.82) is 0 Å². The number of ether oxygens (including phenoxy) is 1. The van der Waals surface area contributed by atoms with Crippen LogP contribution in [0.25, 0.3) is 0 Å². The molecule has 0 aromatic carbocycles. The first-order valence-corrected chi connectivity index (χ1v) is 27.5. The smallest absolute Gasteiger partial charge is 0.0558 e. The maximum atomic E-state index is 9.22. The molecular formula is C53H116N6O13. The zero-order valence-electron chi connectivity index (χ0n) is 47.0. The predicted molar refractivity (Wildman–Crippen MR) is 291 cm³/mol. The quantitative estimate of drug-likeness (QED) is 0.0345. The summed E-state index contributed by atoms with van der Waals surface area (Å²) in [6.07, 6.45) is 9.27. The Balaban J connectivity index is -0.000000858. The number of methoxy groups -OCH3 is 1. The van der Waals surface area contributed by atoms with E-state index in [-0.39, 0.29) is 79.3 Å². The summed E-state index contributed by atoms with van der Waals surface area (Å²) in [5.41, 5.74) is 0. The lowest BCUT2D eigenvalue weighted by Crippen LogP contribution is -2.43. The summed E-state index contributed by atoms with van der Waals surface area (Å²) in [7, 11) is 1.68. The van der Waals surface area contributed by atoms with Crippen molar-refractivity contribution in [2.45, 2.75) is 74.1 Å². The van der Waals surface area contributed by atoms with Gasteiger partial charge in [-0.15, -0.1) is 0 Å². The molecule has 0 amide bonds. The van der Waals surface area contributed by atoms with Gasteiger partial charge in [-0.05, 0) is 53.8 Å². The van der Waals surface area contributed by atoms with Crippen LogP contribution in [0.5, 0.6) is 0 Å². The number of nitrogens with zero attached hydrogens (tertiary/aromatic N) is 6. The van der Waals surface area contributed by atoms with E-state index in [0.717, 1.165) is 58.5 Å². The van der Waals surface area contributed by atoms with Crippen LogP contribution in [0.4, 0.5) is 0 Å². The molecule has 0 heterocycles. The minimum Gasteiger partial charge on any atom is -0.395 e. The van der Waals surface area contributed by atoms with Gasteiger partial charge < -0.3 is 66.0 Å². The Kier molecular flexibility index (Phi) is 55.8. The first-order chi connectivity index (χ1) is 34.7. The van der Waals surface area contributed by atoms with E-state index in [0.29, 0.717) is 132 Å². The Morgan fingerprint density at radius 3 is 0.764 bits per heavy atom. The largest absolute Gasteiger partial charge is 0.395 e. The van der Waals surface area contributed by atoms with E-state index in [1.54, 1.807) is 7.11 Å². The van der Waals surface area contributed by atoms with Gasteiger partial charge in [0.05, 0.1) is 79.3 Å². The number of fused-ring (bicyclic) bond motifs is 2. The summed E-state index contributed by atoms with van der Waals surface area (Å²) < 4.78 is 5.01. The van der Waals surface area contributed by atoms with E-state index < -0.39 is 0 Å². The van der Waals surface area contributed by atoms with Crippen molar-refractivity contribution in [2.75, 3.05) is 211 Å². The van der Waals surface area contributed by atoms with Crippen LogP contribution in [0, 0.1) is 47.3 Å². The lowest BCUT2D eigenvalue weighted by Gasteiger charge is -2.35. The molecule has 2 rings (SSSR count). The maximum Gasteiger partial charge on any atom is 0.0558 e. The van der Waals surface area contributed by atoms with E-state index in [9.17, 15) is 20.4 Å². The van der Waals surface area contributed by atoms with Gasteiger partial charge >= 0.3 is 0 Å². The van der Waals surface area contributed by atoms with E-state index in [4.69, 9.17) is 45.6 Å². The van der Waals surface area contributed by atoms with Gasteiger partial charge in [0.15, 0.2) is 0 Å². The maximum absolute atomic E-state index is 9.22. The number of aliphatic hydroxyl groups is 12. The van der Waals surface area contributed by atoms with Crippen LogP contribution in [0.3, 0.4) is 0 Å². The summed E-state index contributed by atoms with van der Waals surface area (Å²) in [6, 6.07) is 0. The summed E-state index contributed by atoms with van der Waals surface area (Å²) in [5, 5.41) is 107. The molecule has 0 saturated heterocycles. The molecule has 1 fully saturated rings. The highest BCUT2D eigenvalue weighted by Gasteiger charge is 2.45. The third-order valence-electron chi connectivity index (χ3n) is 13.6. The second-order valence-corrected chi connectivity index (χ2v) is 19.9. The Morgan fingerprint density at radius 1 is 0.361 bits per heavy atom. The lowest BCUT2D eigenvalue weighted by molar-refractivity contribution is 0.0941. The molecule has 12 N–H and O–H groups in total. The molecule has 0 aliphatic heterocycles. The van der Waals surface area contributed by atoms with Crippen molar-refractivity contribution >= 4 is 0 Å². The Labute approximate surface area is 438 Å². The van der Waals surface area contributed by atoms with Gasteiger partial charge in [-0.2, -0.15) is 0 Å². The number of hydrogen-bond donors (Lipinski definition) is 12. The standard InChI is InChI=1S/C17H32N2O4.C9H21NO3.3C9H21NO2/c20-7-3-18(4-8-21)12-16-14-1-2-15(11-14)17(16)13-19(5-9-22)6-10-23;1-9(8-13-2)7-10(3-5-11)4-6-12;3*1-3-9(2)8-10(4-6-11)5-7-12/h1-2,14-17,20-23H,3-13H2;9,11-12H,3-8H2,1-2H3;3*9,11-12H,3-8H2,1-2H3. The van der Waals surface area contributed by atoms with Crippen molar-refractivity contribution in [2.24, 2.45) is 47.3 Å². The molecule has 0 aromatic heterocycles. The van der Waals surface area contributed by atoms with Crippen LogP contribution in [0.15, 0.2) is 12.2 Å². The summed E-state index contributed by atoms with van der Waals surface area (Å²) in [4.78, 5) is 12.6. The average molecular weight is 1050 g/mol. The van der Waals surface area contributed by atoms with E-state index in [1.165, 1.54) is 6.42 Å². The minimum atomic E-state index is 0.114. The van der Waals surface area contributed by atoms with E-state index in [2.05, 4.69) is 85.1 Å². The van der Waals surface area contributed by atoms with Crippen molar-refractivity contribution in [3.05, 3.63) is 12.2 Å². The fourth-order valence-electron chi connectivity index (χ4n) is 9.12. The van der Waals surface area contributed by atoms with Crippen LogP contribution < -0.4 is 0 Å².